The summed E-state index contributed by atoms with van der Waals surface area (Å²) >= 11 is 12.7. The van der Waals surface area contributed by atoms with E-state index in [1.807, 2.05) is 51.1 Å². The molecule has 2 rings (SSSR count). The van der Waals surface area contributed by atoms with E-state index in [2.05, 4.69) is 5.32 Å². The summed E-state index contributed by atoms with van der Waals surface area (Å²) in [6.07, 6.45) is 0.690. The SMILES string of the molecule is CCC(C(=O)NC(C)C)N(Cc1c(Cl)cccc1Cl)C(=O)Cc1ccccc1. The van der Waals surface area contributed by atoms with Crippen LogP contribution in [0.2, 0.25) is 10.0 Å². The van der Waals surface area contributed by atoms with E-state index < -0.39 is 6.04 Å². The van der Waals surface area contributed by atoms with E-state index >= 15 is 0 Å². The molecular formula is C22H26Cl2N2O2. The molecule has 0 aromatic heterocycles. The van der Waals surface area contributed by atoms with E-state index in [0.717, 1.165) is 5.56 Å². The molecule has 0 saturated carbocycles. The first-order chi connectivity index (χ1) is 13.3. The third kappa shape index (κ3) is 5.98. The van der Waals surface area contributed by atoms with Gasteiger partial charge in [-0.1, -0.05) is 66.5 Å². The van der Waals surface area contributed by atoms with Crippen LogP contribution in [0.3, 0.4) is 0 Å². The highest BCUT2D eigenvalue weighted by molar-refractivity contribution is 6.36. The number of benzene rings is 2. The zero-order valence-electron chi connectivity index (χ0n) is 16.4. The minimum absolute atomic E-state index is 0.0171. The van der Waals surface area contributed by atoms with Crippen LogP contribution in [0.4, 0.5) is 0 Å². The number of nitrogens with zero attached hydrogens (tertiary/aromatic N) is 1. The Morgan fingerprint density at radius 2 is 1.61 bits per heavy atom. The van der Waals surface area contributed by atoms with Crippen LogP contribution in [0.25, 0.3) is 0 Å². The van der Waals surface area contributed by atoms with Crippen molar-refractivity contribution in [3.63, 3.8) is 0 Å². The third-order valence-electron chi connectivity index (χ3n) is 4.41. The molecule has 0 aliphatic heterocycles. The van der Waals surface area contributed by atoms with Gasteiger partial charge in [0, 0.05) is 28.2 Å². The standard InChI is InChI=1S/C22H26Cl2N2O2/c1-4-20(22(28)25-15(2)3)26(14-17-18(23)11-8-12-19(17)24)21(27)13-16-9-6-5-7-10-16/h5-12,15,20H,4,13-14H2,1-3H3,(H,25,28). The second-order valence-corrected chi connectivity index (χ2v) is 7.79. The summed E-state index contributed by atoms with van der Waals surface area (Å²) in [4.78, 5) is 27.5. The molecule has 0 fully saturated rings. The number of hydrogen-bond donors (Lipinski definition) is 1. The Kier molecular flexibility index (Phi) is 8.34. The van der Waals surface area contributed by atoms with Crippen LogP contribution in [-0.2, 0) is 22.6 Å². The van der Waals surface area contributed by atoms with Crippen molar-refractivity contribution in [2.24, 2.45) is 0 Å². The van der Waals surface area contributed by atoms with Gasteiger partial charge in [0.2, 0.25) is 11.8 Å². The Labute approximate surface area is 176 Å². The average Bonchev–Trinajstić information content (AvgIpc) is 2.64. The lowest BCUT2D eigenvalue weighted by Crippen LogP contribution is -2.50. The van der Waals surface area contributed by atoms with Crippen LogP contribution in [0.1, 0.15) is 38.3 Å². The van der Waals surface area contributed by atoms with Crippen molar-refractivity contribution in [2.45, 2.75) is 52.2 Å². The summed E-state index contributed by atoms with van der Waals surface area (Å²) in [6, 6.07) is 14.1. The number of carbonyl (C=O) groups excluding carboxylic acids is 2. The van der Waals surface area contributed by atoms with Crippen molar-refractivity contribution in [1.29, 1.82) is 0 Å². The molecule has 0 saturated heterocycles. The smallest absolute Gasteiger partial charge is 0.243 e. The summed E-state index contributed by atoms with van der Waals surface area (Å²) in [7, 11) is 0. The molecule has 0 aliphatic rings. The predicted molar refractivity (Wildman–Crippen MR) is 115 cm³/mol. The van der Waals surface area contributed by atoms with E-state index in [9.17, 15) is 9.59 Å². The van der Waals surface area contributed by atoms with Crippen molar-refractivity contribution in [2.75, 3.05) is 0 Å². The maximum Gasteiger partial charge on any atom is 0.243 e. The summed E-state index contributed by atoms with van der Waals surface area (Å²) in [5, 5.41) is 3.86. The second-order valence-electron chi connectivity index (χ2n) is 6.97. The van der Waals surface area contributed by atoms with Gasteiger partial charge in [-0.3, -0.25) is 9.59 Å². The molecule has 150 valence electrons. The molecule has 2 aromatic rings. The largest absolute Gasteiger partial charge is 0.352 e. The molecule has 28 heavy (non-hydrogen) atoms. The Bertz CT molecular complexity index is 789. The molecule has 0 bridgehead atoms. The topological polar surface area (TPSA) is 49.4 Å². The van der Waals surface area contributed by atoms with Crippen LogP contribution >= 0.6 is 23.2 Å². The zero-order valence-corrected chi connectivity index (χ0v) is 17.9. The fraction of sp³-hybridized carbons (Fsp3) is 0.364. The van der Waals surface area contributed by atoms with Gasteiger partial charge in [0.1, 0.15) is 6.04 Å². The van der Waals surface area contributed by atoms with Crippen molar-refractivity contribution in [3.8, 4) is 0 Å². The Balaban J connectivity index is 2.35. The first-order valence-electron chi connectivity index (χ1n) is 9.40. The molecule has 0 aliphatic carbocycles. The number of nitrogens with one attached hydrogen (secondary N) is 1. The van der Waals surface area contributed by atoms with Gasteiger partial charge >= 0.3 is 0 Å². The van der Waals surface area contributed by atoms with Crippen molar-refractivity contribution < 1.29 is 9.59 Å². The molecule has 0 spiro atoms. The van der Waals surface area contributed by atoms with Gasteiger partial charge in [-0.25, -0.2) is 0 Å². The van der Waals surface area contributed by atoms with Crippen LogP contribution < -0.4 is 5.32 Å². The molecule has 1 N–H and O–H groups in total. The minimum Gasteiger partial charge on any atom is -0.352 e. The summed E-state index contributed by atoms with van der Waals surface area (Å²) in [6.45, 7) is 5.85. The Hall–Kier alpha value is -2.04. The maximum absolute atomic E-state index is 13.2. The highest BCUT2D eigenvalue weighted by atomic mass is 35.5. The number of carbonyl (C=O) groups is 2. The van der Waals surface area contributed by atoms with Gasteiger partial charge in [-0.2, -0.15) is 0 Å². The molecule has 4 nitrogen and oxygen atoms in total. The Morgan fingerprint density at radius 1 is 1.00 bits per heavy atom. The zero-order chi connectivity index (χ0) is 20.7. The van der Waals surface area contributed by atoms with E-state index in [-0.39, 0.29) is 30.8 Å². The van der Waals surface area contributed by atoms with Crippen LogP contribution in [-0.4, -0.2) is 28.8 Å². The molecular weight excluding hydrogens is 395 g/mol. The molecule has 0 radical (unpaired) electrons. The average molecular weight is 421 g/mol. The third-order valence-corrected chi connectivity index (χ3v) is 5.11. The van der Waals surface area contributed by atoms with Gasteiger partial charge in [0.15, 0.2) is 0 Å². The molecule has 1 atom stereocenters. The Morgan fingerprint density at radius 3 is 2.14 bits per heavy atom. The number of hydrogen-bond acceptors (Lipinski definition) is 2. The normalized spacial score (nSPS) is 11.9. The molecule has 6 heteroatoms. The number of rotatable bonds is 8. The maximum atomic E-state index is 13.2. The van der Waals surface area contributed by atoms with Crippen molar-refractivity contribution in [1.82, 2.24) is 10.2 Å². The quantitative estimate of drug-likeness (QED) is 0.661. The van der Waals surface area contributed by atoms with Crippen LogP contribution in [0.5, 0.6) is 0 Å². The summed E-state index contributed by atoms with van der Waals surface area (Å²) in [5.41, 5.74) is 1.53. The lowest BCUT2D eigenvalue weighted by atomic mass is 10.1. The summed E-state index contributed by atoms with van der Waals surface area (Å²) in [5.74, 6) is -0.324. The van der Waals surface area contributed by atoms with E-state index in [0.29, 0.717) is 22.0 Å². The summed E-state index contributed by atoms with van der Waals surface area (Å²) < 4.78 is 0. The molecule has 2 aromatic carbocycles. The minimum atomic E-state index is -0.606. The van der Waals surface area contributed by atoms with Crippen LogP contribution in [0, 0.1) is 0 Å². The monoisotopic (exact) mass is 420 g/mol. The highest BCUT2D eigenvalue weighted by Crippen LogP contribution is 2.27. The first-order valence-corrected chi connectivity index (χ1v) is 10.2. The second kappa shape index (κ2) is 10.5. The first kappa shape index (κ1) is 22.3. The van der Waals surface area contributed by atoms with Crippen molar-refractivity contribution in [3.05, 3.63) is 69.7 Å². The van der Waals surface area contributed by atoms with E-state index in [1.54, 1.807) is 23.1 Å². The van der Waals surface area contributed by atoms with Gasteiger partial charge in [-0.15, -0.1) is 0 Å². The molecule has 1 unspecified atom stereocenters. The fourth-order valence-corrected chi connectivity index (χ4v) is 3.54. The predicted octanol–water partition coefficient (Wildman–Crippen LogP) is 4.87. The number of amides is 2. The van der Waals surface area contributed by atoms with Gasteiger partial charge in [-0.05, 0) is 38.0 Å². The van der Waals surface area contributed by atoms with E-state index in [4.69, 9.17) is 23.2 Å². The fourth-order valence-electron chi connectivity index (χ4n) is 3.03. The number of halogens is 2. The van der Waals surface area contributed by atoms with E-state index in [1.165, 1.54) is 0 Å². The molecule has 0 heterocycles. The van der Waals surface area contributed by atoms with Gasteiger partial charge in [0.25, 0.3) is 0 Å². The van der Waals surface area contributed by atoms with Crippen molar-refractivity contribution >= 4 is 35.0 Å². The van der Waals surface area contributed by atoms with Gasteiger partial charge in [0.05, 0.1) is 6.42 Å². The lowest BCUT2D eigenvalue weighted by Gasteiger charge is -2.31. The van der Waals surface area contributed by atoms with Crippen LogP contribution in [0.15, 0.2) is 48.5 Å². The van der Waals surface area contributed by atoms with Gasteiger partial charge < -0.3 is 10.2 Å². The highest BCUT2D eigenvalue weighted by Gasteiger charge is 2.30. The molecule has 2 amide bonds. The lowest BCUT2D eigenvalue weighted by molar-refractivity contribution is -0.141.